The lowest BCUT2D eigenvalue weighted by atomic mass is 10.3. The second-order valence-corrected chi connectivity index (χ2v) is 10.0. The van der Waals surface area contributed by atoms with Crippen molar-refractivity contribution in [3.8, 4) is 0 Å². The highest BCUT2D eigenvalue weighted by atomic mass is 32.2. The van der Waals surface area contributed by atoms with Crippen molar-refractivity contribution in [2.24, 2.45) is 0 Å². The van der Waals surface area contributed by atoms with E-state index in [9.17, 15) is 8.42 Å². The van der Waals surface area contributed by atoms with E-state index in [1.807, 2.05) is 60.7 Å². The second-order valence-electron chi connectivity index (χ2n) is 6.80. The van der Waals surface area contributed by atoms with Crippen LogP contribution in [0.2, 0.25) is 0 Å². The van der Waals surface area contributed by atoms with E-state index in [0.717, 1.165) is 0 Å². The van der Waals surface area contributed by atoms with Gasteiger partial charge in [-0.05, 0) is 24.3 Å². The van der Waals surface area contributed by atoms with Crippen molar-refractivity contribution in [2.75, 3.05) is 9.80 Å². The molecule has 0 N–H and O–H groups in total. The fourth-order valence-corrected chi connectivity index (χ4v) is 8.10. The van der Waals surface area contributed by atoms with E-state index < -0.39 is 25.9 Å². The second kappa shape index (κ2) is 6.76. The van der Waals surface area contributed by atoms with Crippen LogP contribution in [-0.2, 0) is 21.6 Å². The van der Waals surface area contributed by atoms with Crippen LogP contribution in [0, 0.1) is 0 Å². The van der Waals surface area contributed by atoms with Crippen molar-refractivity contribution in [3.05, 3.63) is 85.5 Å². The molecule has 2 atom stereocenters. The molecule has 31 heavy (non-hydrogen) atoms. The molecule has 0 amide bonds. The third-order valence-electron chi connectivity index (χ3n) is 5.15. The summed E-state index contributed by atoms with van der Waals surface area (Å²) < 4.78 is 26.7. The number of para-hydroxylation sites is 2. The molecule has 8 nitrogen and oxygen atoms in total. The van der Waals surface area contributed by atoms with Gasteiger partial charge in [-0.1, -0.05) is 36.4 Å². The Labute approximate surface area is 182 Å². The van der Waals surface area contributed by atoms with Gasteiger partial charge in [0, 0.05) is 36.2 Å². The molecule has 2 aromatic carbocycles. The van der Waals surface area contributed by atoms with Gasteiger partial charge >= 0.3 is 0 Å². The minimum Gasteiger partial charge on any atom is -0.276 e. The molecule has 2 aromatic heterocycles. The maximum Gasteiger partial charge on any atom is 0.292 e. The average molecular weight is 447 g/mol. The first-order valence-corrected chi connectivity index (χ1v) is 11.7. The summed E-state index contributed by atoms with van der Waals surface area (Å²) in [6.07, 6.45) is 6.07. The molecule has 0 saturated heterocycles. The van der Waals surface area contributed by atoms with Crippen LogP contribution in [0.25, 0.3) is 0 Å². The molecule has 6 rings (SSSR count). The monoisotopic (exact) mass is 446 g/mol. The molecule has 152 valence electrons. The Bertz CT molecular complexity index is 1250. The van der Waals surface area contributed by atoms with Crippen LogP contribution in [0.4, 0.5) is 23.0 Å². The van der Waals surface area contributed by atoms with Crippen molar-refractivity contribution >= 4 is 44.6 Å². The van der Waals surface area contributed by atoms with Gasteiger partial charge in [-0.2, -0.15) is 0 Å². The number of nitrogens with zero attached hydrogens (tertiary/aromatic N) is 6. The van der Waals surface area contributed by atoms with Crippen molar-refractivity contribution in [3.63, 3.8) is 0 Å². The van der Waals surface area contributed by atoms with Crippen LogP contribution >= 0.6 is 0 Å². The van der Waals surface area contributed by atoms with E-state index >= 15 is 0 Å². The van der Waals surface area contributed by atoms with E-state index in [2.05, 4.69) is 19.9 Å². The molecular weight excluding hydrogens is 432 g/mol. The minimum absolute atomic E-state index is 0.204. The summed E-state index contributed by atoms with van der Waals surface area (Å²) in [7, 11) is -3.70. The van der Waals surface area contributed by atoms with Gasteiger partial charge in [0.05, 0.1) is 0 Å². The number of anilines is 4. The largest absolute Gasteiger partial charge is 0.292 e. The fourth-order valence-electron chi connectivity index (χ4n) is 3.95. The first-order chi connectivity index (χ1) is 15.2. The summed E-state index contributed by atoms with van der Waals surface area (Å²) in [5, 5.41) is 0.408. The van der Waals surface area contributed by atoms with Crippen molar-refractivity contribution in [1.82, 2.24) is 19.9 Å². The van der Waals surface area contributed by atoms with E-state index in [0.29, 0.717) is 23.0 Å². The van der Waals surface area contributed by atoms with Gasteiger partial charge in [0.2, 0.25) is 0 Å². The highest BCUT2D eigenvalue weighted by molar-refractivity contribution is 8.07. The van der Waals surface area contributed by atoms with Gasteiger partial charge in [-0.25, -0.2) is 28.4 Å². The molecule has 0 bridgehead atoms. The molecule has 2 unspecified atom stereocenters. The van der Waals surface area contributed by atoms with Gasteiger partial charge in [0.1, 0.15) is 21.6 Å². The molecule has 4 aromatic rings. The molecule has 0 fully saturated rings. The van der Waals surface area contributed by atoms with Gasteiger partial charge < -0.3 is 0 Å². The summed E-state index contributed by atoms with van der Waals surface area (Å²) in [6, 6.07) is 18.7. The molecular formula is C21H14N6O2S2. The van der Waals surface area contributed by atoms with Crippen LogP contribution < -0.4 is 9.80 Å². The zero-order valence-electron chi connectivity index (χ0n) is 15.9. The third-order valence-corrected chi connectivity index (χ3v) is 9.18. The molecule has 1 spiro atoms. The Morgan fingerprint density at radius 3 is 1.39 bits per heavy atom. The molecule has 0 saturated carbocycles. The van der Waals surface area contributed by atoms with Crippen molar-refractivity contribution in [1.29, 1.82) is 0 Å². The Kier molecular flexibility index (Phi) is 3.99. The third kappa shape index (κ3) is 2.34. The molecule has 0 radical (unpaired) electrons. The summed E-state index contributed by atoms with van der Waals surface area (Å²) in [5.74, 6) is 0.930. The smallest absolute Gasteiger partial charge is 0.276 e. The highest BCUT2D eigenvalue weighted by Gasteiger charge is 2.67. The highest BCUT2D eigenvalue weighted by Crippen LogP contribution is 2.57. The zero-order chi connectivity index (χ0) is 21.0. The molecule has 2 aliphatic heterocycles. The van der Waals surface area contributed by atoms with Crippen molar-refractivity contribution < 1.29 is 8.42 Å². The van der Waals surface area contributed by atoms with Crippen LogP contribution in [-0.4, -0.2) is 32.7 Å². The van der Waals surface area contributed by atoms with Crippen LogP contribution in [0.5, 0.6) is 0 Å². The zero-order valence-corrected chi connectivity index (χ0v) is 17.5. The number of hydrogen-bond acceptors (Lipinski definition) is 8. The Morgan fingerprint density at radius 1 is 0.581 bits per heavy atom. The van der Waals surface area contributed by atoms with Gasteiger partial charge in [-0.15, -0.1) is 0 Å². The van der Waals surface area contributed by atoms with E-state index in [4.69, 9.17) is 0 Å². The molecule has 10 heteroatoms. The predicted octanol–water partition coefficient (Wildman–Crippen LogP) is 3.10. The van der Waals surface area contributed by atoms with Crippen LogP contribution in [0.15, 0.2) is 95.5 Å². The SMILES string of the molecule is O=S1c2nccnc2S(=O)C12N(c1ccccc1)c1nccnc1N2c1ccccc1. The Morgan fingerprint density at radius 2 is 0.968 bits per heavy atom. The maximum absolute atomic E-state index is 14.1. The topological polar surface area (TPSA) is 92.2 Å². The number of aromatic nitrogens is 4. The molecule has 4 heterocycles. The lowest BCUT2D eigenvalue weighted by molar-refractivity contribution is 0.647. The lowest BCUT2D eigenvalue weighted by Crippen LogP contribution is -2.57. The van der Waals surface area contributed by atoms with Gasteiger partial charge in [0.25, 0.3) is 4.33 Å². The standard InChI is InChI=1S/C21H14N6O2S2/c28-30-19-20(25-14-13-24-19)31(29)21(30)26(15-7-3-1-4-8-15)17-18(23-12-11-22-17)27(21)16-9-5-2-6-10-16/h1-14H. The summed E-state index contributed by atoms with van der Waals surface area (Å²) in [5.41, 5.74) is 1.38. The summed E-state index contributed by atoms with van der Waals surface area (Å²) in [4.78, 5) is 21.2. The normalized spacial score (nSPS) is 20.6. The van der Waals surface area contributed by atoms with Crippen molar-refractivity contribution in [2.45, 2.75) is 14.4 Å². The molecule has 0 aliphatic carbocycles. The summed E-state index contributed by atoms with van der Waals surface area (Å²) in [6.45, 7) is 0. The number of rotatable bonds is 2. The lowest BCUT2D eigenvalue weighted by Gasteiger charge is -2.38. The number of hydrogen-bond donors (Lipinski definition) is 0. The minimum atomic E-state index is -1.85. The first-order valence-electron chi connectivity index (χ1n) is 9.41. The Hall–Kier alpha value is -3.50. The quantitative estimate of drug-likeness (QED) is 0.464. The average Bonchev–Trinajstić information content (AvgIpc) is 3.26. The van der Waals surface area contributed by atoms with E-state index in [1.165, 1.54) is 12.4 Å². The van der Waals surface area contributed by atoms with Crippen LogP contribution in [0.1, 0.15) is 0 Å². The van der Waals surface area contributed by atoms with Gasteiger partial charge in [0.15, 0.2) is 21.7 Å². The summed E-state index contributed by atoms with van der Waals surface area (Å²) >= 11 is 0. The number of benzene rings is 2. The number of fused-ring (bicyclic) bond motifs is 2. The predicted molar refractivity (Wildman–Crippen MR) is 117 cm³/mol. The maximum atomic E-state index is 14.1. The molecule has 2 aliphatic rings. The van der Waals surface area contributed by atoms with Gasteiger partial charge in [-0.3, -0.25) is 9.80 Å². The Balaban J connectivity index is 1.73. The van der Waals surface area contributed by atoms with E-state index in [1.54, 1.807) is 22.2 Å². The van der Waals surface area contributed by atoms with E-state index in [-0.39, 0.29) is 10.1 Å². The van der Waals surface area contributed by atoms with Crippen LogP contribution in [0.3, 0.4) is 0 Å². The first kappa shape index (κ1) is 18.3. The fraction of sp³-hybridized carbons (Fsp3) is 0.0476.